The summed E-state index contributed by atoms with van der Waals surface area (Å²) in [7, 11) is 0. The maximum atomic E-state index is 11.9. The van der Waals surface area contributed by atoms with E-state index in [2.05, 4.69) is 5.10 Å². The van der Waals surface area contributed by atoms with Crippen molar-refractivity contribution in [1.82, 2.24) is 9.78 Å². The van der Waals surface area contributed by atoms with Crippen molar-refractivity contribution in [2.24, 2.45) is 0 Å². The molecule has 5 nitrogen and oxygen atoms in total. The number of carboxylic acid groups (broad SMARTS) is 1. The van der Waals surface area contributed by atoms with Crippen LogP contribution in [0, 0.1) is 13.8 Å². The first-order valence-corrected chi connectivity index (χ1v) is 5.12. The highest BCUT2D eigenvalue weighted by Crippen LogP contribution is 2.16. The lowest BCUT2D eigenvalue weighted by atomic mass is 10.1. The number of hydrogen-bond donors (Lipinski definition) is 2. The summed E-state index contributed by atoms with van der Waals surface area (Å²) >= 11 is 0. The average Bonchev–Trinajstić information content (AvgIpc) is 2.61. The molecular weight excluding hydrogens is 220 g/mol. The Morgan fingerprint density at radius 1 is 1.29 bits per heavy atom. The molecule has 0 spiro atoms. The molecule has 1 aromatic heterocycles. The van der Waals surface area contributed by atoms with E-state index < -0.39 is 11.5 Å². The SMILES string of the molecule is Cc1cccc(C)c1-n1[nH]cc(C(=O)O)c1=O. The summed E-state index contributed by atoms with van der Waals surface area (Å²) in [5.41, 5.74) is 1.71. The fraction of sp³-hybridized carbons (Fsp3) is 0.167. The van der Waals surface area contributed by atoms with Crippen molar-refractivity contribution in [2.75, 3.05) is 0 Å². The minimum absolute atomic E-state index is 0.257. The smallest absolute Gasteiger partial charge is 0.342 e. The van der Waals surface area contributed by atoms with Gasteiger partial charge in [-0.3, -0.25) is 9.89 Å². The summed E-state index contributed by atoms with van der Waals surface area (Å²) in [5, 5.41) is 11.5. The lowest BCUT2D eigenvalue weighted by Crippen LogP contribution is -2.21. The number of carbonyl (C=O) groups is 1. The van der Waals surface area contributed by atoms with E-state index >= 15 is 0 Å². The van der Waals surface area contributed by atoms with E-state index in [-0.39, 0.29) is 5.56 Å². The monoisotopic (exact) mass is 232 g/mol. The molecule has 17 heavy (non-hydrogen) atoms. The summed E-state index contributed by atoms with van der Waals surface area (Å²) in [6, 6.07) is 5.63. The van der Waals surface area contributed by atoms with E-state index in [1.54, 1.807) is 0 Å². The van der Waals surface area contributed by atoms with Gasteiger partial charge in [-0.25, -0.2) is 9.48 Å². The number of aromatic amines is 1. The van der Waals surface area contributed by atoms with E-state index in [0.29, 0.717) is 5.69 Å². The van der Waals surface area contributed by atoms with Gasteiger partial charge in [0.05, 0.1) is 5.69 Å². The van der Waals surface area contributed by atoms with Gasteiger partial charge in [0.1, 0.15) is 5.56 Å². The molecule has 0 radical (unpaired) electrons. The Morgan fingerprint density at radius 2 is 1.88 bits per heavy atom. The van der Waals surface area contributed by atoms with Gasteiger partial charge in [0.2, 0.25) is 0 Å². The summed E-state index contributed by atoms with van der Waals surface area (Å²) in [6.07, 6.45) is 1.20. The van der Waals surface area contributed by atoms with Gasteiger partial charge in [0.25, 0.3) is 5.56 Å². The second-order valence-corrected chi connectivity index (χ2v) is 3.87. The van der Waals surface area contributed by atoms with Crippen LogP contribution in [0.3, 0.4) is 0 Å². The molecule has 0 aliphatic heterocycles. The Balaban J connectivity index is 2.70. The van der Waals surface area contributed by atoms with Crippen LogP contribution in [0.2, 0.25) is 0 Å². The van der Waals surface area contributed by atoms with Crippen LogP contribution in [0.4, 0.5) is 0 Å². The third kappa shape index (κ3) is 1.75. The van der Waals surface area contributed by atoms with Crippen molar-refractivity contribution in [3.8, 4) is 5.69 Å². The zero-order valence-corrected chi connectivity index (χ0v) is 9.52. The van der Waals surface area contributed by atoms with Gasteiger partial charge in [0.15, 0.2) is 0 Å². The Kier molecular flexibility index (Phi) is 2.59. The van der Waals surface area contributed by atoms with Crippen molar-refractivity contribution in [3.05, 3.63) is 51.4 Å². The van der Waals surface area contributed by atoms with Crippen molar-refractivity contribution in [3.63, 3.8) is 0 Å². The fourth-order valence-corrected chi connectivity index (χ4v) is 1.85. The summed E-state index contributed by atoms with van der Waals surface area (Å²) < 4.78 is 1.26. The molecule has 0 fully saturated rings. The second kappa shape index (κ2) is 3.93. The number of aromatic carboxylic acids is 1. The molecule has 2 rings (SSSR count). The molecule has 1 aromatic carbocycles. The number of carboxylic acids is 1. The number of nitrogens with one attached hydrogen (secondary N) is 1. The minimum Gasteiger partial charge on any atom is -0.477 e. The van der Waals surface area contributed by atoms with E-state index in [4.69, 9.17) is 5.11 Å². The Hall–Kier alpha value is -2.30. The molecule has 0 saturated heterocycles. The minimum atomic E-state index is -1.23. The first-order chi connectivity index (χ1) is 8.02. The highest BCUT2D eigenvalue weighted by Gasteiger charge is 2.15. The van der Waals surface area contributed by atoms with Crippen molar-refractivity contribution < 1.29 is 9.90 Å². The molecule has 2 N–H and O–H groups in total. The third-order valence-corrected chi connectivity index (χ3v) is 2.66. The number of nitrogens with zero attached hydrogens (tertiary/aromatic N) is 1. The van der Waals surface area contributed by atoms with E-state index in [1.165, 1.54) is 10.9 Å². The van der Waals surface area contributed by atoms with Crippen molar-refractivity contribution >= 4 is 5.97 Å². The van der Waals surface area contributed by atoms with Gasteiger partial charge < -0.3 is 5.11 Å². The third-order valence-electron chi connectivity index (χ3n) is 2.66. The summed E-state index contributed by atoms with van der Waals surface area (Å²) in [4.78, 5) is 22.7. The van der Waals surface area contributed by atoms with Gasteiger partial charge in [-0.05, 0) is 25.0 Å². The molecule has 0 saturated carbocycles. The summed E-state index contributed by atoms with van der Waals surface area (Å²) in [6.45, 7) is 3.74. The number of aromatic nitrogens is 2. The number of para-hydroxylation sites is 1. The molecule has 0 amide bonds. The number of benzene rings is 1. The standard InChI is InChI=1S/C12H12N2O3/c1-7-4-3-5-8(2)10(7)14-11(15)9(6-13-14)12(16)17/h3-6,13H,1-2H3,(H,16,17). The predicted octanol–water partition coefficient (Wildman–Crippen LogP) is 1.48. The first-order valence-electron chi connectivity index (χ1n) is 5.12. The van der Waals surface area contributed by atoms with Gasteiger partial charge in [-0.1, -0.05) is 18.2 Å². The predicted molar refractivity (Wildman–Crippen MR) is 62.8 cm³/mol. The molecule has 0 aliphatic rings. The molecule has 88 valence electrons. The van der Waals surface area contributed by atoms with E-state index in [1.807, 2.05) is 32.0 Å². The van der Waals surface area contributed by atoms with Crippen LogP contribution < -0.4 is 5.56 Å². The van der Waals surface area contributed by atoms with Crippen molar-refractivity contribution in [1.29, 1.82) is 0 Å². The molecule has 2 aromatic rings. The molecule has 1 heterocycles. The van der Waals surface area contributed by atoms with Gasteiger partial charge in [-0.2, -0.15) is 0 Å². The Morgan fingerprint density at radius 3 is 2.35 bits per heavy atom. The normalized spacial score (nSPS) is 10.5. The maximum Gasteiger partial charge on any atom is 0.342 e. The van der Waals surface area contributed by atoms with Gasteiger partial charge in [-0.15, -0.1) is 0 Å². The van der Waals surface area contributed by atoms with Crippen LogP contribution >= 0.6 is 0 Å². The first kappa shape index (κ1) is 11.2. The van der Waals surface area contributed by atoms with Crippen molar-refractivity contribution in [2.45, 2.75) is 13.8 Å². The largest absolute Gasteiger partial charge is 0.477 e. The second-order valence-electron chi connectivity index (χ2n) is 3.87. The van der Waals surface area contributed by atoms with Crippen LogP contribution in [0.25, 0.3) is 5.69 Å². The fourth-order valence-electron chi connectivity index (χ4n) is 1.85. The van der Waals surface area contributed by atoms with Gasteiger partial charge in [0, 0.05) is 6.20 Å². The van der Waals surface area contributed by atoms with Crippen LogP contribution in [0.15, 0.2) is 29.2 Å². The lowest BCUT2D eigenvalue weighted by Gasteiger charge is -2.08. The molecule has 0 unspecified atom stereocenters. The molecule has 0 atom stereocenters. The van der Waals surface area contributed by atoms with Crippen LogP contribution in [0.5, 0.6) is 0 Å². The van der Waals surface area contributed by atoms with Gasteiger partial charge >= 0.3 is 5.97 Å². The number of aryl methyl sites for hydroxylation is 2. The highest BCUT2D eigenvalue weighted by molar-refractivity contribution is 5.86. The van der Waals surface area contributed by atoms with Crippen LogP contribution in [-0.4, -0.2) is 20.9 Å². The van der Waals surface area contributed by atoms with E-state index in [0.717, 1.165) is 11.1 Å². The Bertz CT molecular complexity index is 617. The topological polar surface area (TPSA) is 75.1 Å². The molecule has 0 aliphatic carbocycles. The molecular formula is C12H12N2O3. The number of hydrogen-bond acceptors (Lipinski definition) is 2. The zero-order chi connectivity index (χ0) is 12.6. The average molecular weight is 232 g/mol. The maximum absolute atomic E-state index is 11.9. The lowest BCUT2D eigenvalue weighted by molar-refractivity contribution is 0.0695. The summed E-state index contributed by atoms with van der Waals surface area (Å²) in [5.74, 6) is -1.23. The Labute approximate surface area is 97.3 Å². The zero-order valence-electron chi connectivity index (χ0n) is 9.52. The molecule has 5 heteroatoms. The van der Waals surface area contributed by atoms with Crippen LogP contribution in [-0.2, 0) is 0 Å². The van der Waals surface area contributed by atoms with E-state index in [9.17, 15) is 9.59 Å². The number of H-pyrrole nitrogens is 1. The van der Waals surface area contributed by atoms with Crippen LogP contribution in [0.1, 0.15) is 21.5 Å². The highest BCUT2D eigenvalue weighted by atomic mass is 16.4. The quantitative estimate of drug-likeness (QED) is 0.823. The number of rotatable bonds is 2. The molecule has 0 bridgehead atoms.